The number of hydrogen-bond acceptors (Lipinski definition) is 5. The predicted molar refractivity (Wildman–Crippen MR) is 68.6 cm³/mol. The topological polar surface area (TPSA) is 106 Å². The molecule has 0 spiro atoms. The van der Waals surface area contributed by atoms with Crippen molar-refractivity contribution >= 4 is 16.0 Å². The molecule has 0 aromatic carbocycles. The molecule has 0 bridgehead atoms. The van der Waals surface area contributed by atoms with Gasteiger partial charge in [-0.1, -0.05) is 0 Å². The third-order valence-corrected chi connectivity index (χ3v) is 3.02. The first kappa shape index (κ1) is 15.5. The molecule has 19 heavy (non-hydrogen) atoms. The number of nitrogens with one attached hydrogen (secondary N) is 1. The highest BCUT2D eigenvalue weighted by atomic mass is 32.2. The monoisotopic (exact) mass is 288 g/mol. The maximum Gasteiger partial charge on any atom is 0.269 e. The normalized spacial score (nSPS) is 11.3. The summed E-state index contributed by atoms with van der Waals surface area (Å²) < 4.78 is 34.8. The van der Waals surface area contributed by atoms with E-state index in [-0.39, 0.29) is 23.8 Å². The van der Waals surface area contributed by atoms with E-state index in [0.717, 1.165) is 0 Å². The molecular weight excluding hydrogens is 272 g/mol. The first-order valence-corrected chi connectivity index (χ1v) is 7.20. The van der Waals surface area contributed by atoms with Crippen LogP contribution in [0, 0.1) is 0 Å². The Morgan fingerprint density at radius 3 is 2.89 bits per heavy atom. The van der Waals surface area contributed by atoms with Crippen molar-refractivity contribution in [3.63, 3.8) is 0 Å². The molecule has 0 atom stereocenters. The van der Waals surface area contributed by atoms with Gasteiger partial charge >= 0.3 is 0 Å². The number of carbonyl (C=O) groups excluding carboxylic acids is 1. The minimum Gasteiger partial charge on any atom is -0.383 e. The molecule has 2 N–H and O–H groups in total. The Morgan fingerprint density at radius 1 is 1.53 bits per heavy atom. The molecule has 0 saturated carbocycles. The van der Waals surface area contributed by atoms with Crippen LogP contribution in [-0.2, 0) is 21.3 Å². The van der Waals surface area contributed by atoms with Gasteiger partial charge in [0.15, 0.2) is 0 Å². The van der Waals surface area contributed by atoms with Gasteiger partial charge in [-0.25, -0.2) is 0 Å². The average molecular weight is 288 g/mol. The molecule has 1 amide bonds. The van der Waals surface area contributed by atoms with Crippen LogP contribution in [0.15, 0.2) is 18.3 Å². The highest BCUT2D eigenvalue weighted by Crippen LogP contribution is 2.04. The van der Waals surface area contributed by atoms with Gasteiger partial charge in [0.1, 0.15) is 5.69 Å². The zero-order valence-electron chi connectivity index (χ0n) is 10.5. The number of amides is 1. The van der Waals surface area contributed by atoms with Crippen LogP contribution in [0.1, 0.15) is 16.1 Å². The van der Waals surface area contributed by atoms with Gasteiger partial charge in [-0.2, -0.15) is 8.42 Å². The van der Waals surface area contributed by atoms with Crippen molar-refractivity contribution in [1.82, 2.24) is 10.3 Å². The van der Waals surface area contributed by atoms with Crippen LogP contribution in [0.2, 0.25) is 0 Å². The molecule has 106 valence electrons. The van der Waals surface area contributed by atoms with Crippen LogP contribution in [0.25, 0.3) is 0 Å². The molecule has 1 aromatic heterocycles. The number of pyridine rings is 1. The molecule has 7 nitrogen and oxygen atoms in total. The number of aromatic nitrogens is 1. The highest BCUT2D eigenvalue weighted by molar-refractivity contribution is 7.85. The van der Waals surface area contributed by atoms with Crippen LogP contribution in [-0.4, -0.2) is 49.9 Å². The summed E-state index contributed by atoms with van der Waals surface area (Å²) in [4.78, 5) is 15.6. The Hall–Kier alpha value is -1.51. The van der Waals surface area contributed by atoms with E-state index in [4.69, 9.17) is 9.29 Å². The Kier molecular flexibility index (Phi) is 5.87. The first-order valence-electron chi connectivity index (χ1n) is 5.59. The number of rotatable bonds is 7. The van der Waals surface area contributed by atoms with Crippen LogP contribution in [0.5, 0.6) is 0 Å². The lowest BCUT2D eigenvalue weighted by molar-refractivity contribution is 0.0932. The van der Waals surface area contributed by atoms with E-state index in [9.17, 15) is 13.2 Å². The van der Waals surface area contributed by atoms with E-state index in [1.54, 1.807) is 6.07 Å². The number of nitrogens with zero attached hydrogens (tertiary/aromatic N) is 1. The van der Waals surface area contributed by atoms with Gasteiger partial charge in [0.25, 0.3) is 16.0 Å². The summed E-state index contributed by atoms with van der Waals surface area (Å²) in [6.45, 7) is 0.764. The lowest BCUT2D eigenvalue weighted by atomic mass is 10.2. The number of methoxy groups -OCH3 is 1. The molecule has 1 heterocycles. The fraction of sp³-hybridized carbons (Fsp3) is 0.455. The molecule has 0 aliphatic heterocycles. The predicted octanol–water partition coefficient (Wildman–Crippen LogP) is -0.112. The van der Waals surface area contributed by atoms with E-state index in [2.05, 4.69) is 10.3 Å². The van der Waals surface area contributed by atoms with Crippen LogP contribution in [0.4, 0.5) is 0 Å². The zero-order chi connectivity index (χ0) is 14.3. The minimum absolute atomic E-state index is 0.125. The summed E-state index contributed by atoms with van der Waals surface area (Å²) in [7, 11) is -2.48. The zero-order valence-corrected chi connectivity index (χ0v) is 11.3. The summed E-state index contributed by atoms with van der Waals surface area (Å²) in [5.41, 5.74) is 0.813. The largest absolute Gasteiger partial charge is 0.383 e. The Balaban J connectivity index is 2.63. The van der Waals surface area contributed by atoms with Crippen molar-refractivity contribution < 1.29 is 22.5 Å². The van der Waals surface area contributed by atoms with Crippen molar-refractivity contribution in [2.45, 2.75) is 6.42 Å². The summed E-state index contributed by atoms with van der Waals surface area (Å²) in [6, 6.07) is 3.09. The van der Waals surface area contributed by atoms with Gasteiger partial charge in [-0.3, -0.25) is 14.3 Å². The number of ether oxygens (including phenoxy) is 1. The van der Waals surface area contributed by atoms with Gasteiger partial charge in [-0.15, -0.1) is 0 Å². The molecule has 0 aliphatic rings. The van der Waals surface area contributed by atoms with Crippen LogP contribution >= 0.6 is 0 Å². The Morgan fingerprint density at radius 2 is 2.26 bits per heavy atom. The SMILES string of the molecule is COCCNC(=O)c1cc(CCS(=O)(=O)O)ccn1. The maximum atomic E-state index is 11.7. The van der Waals surface area contributed by atoms with E-state index in [1.807, 2.05) is 0 Å². The minimum atomic E-state index is -4.01. The van der Waals surface area contributed by atoms with Crippen molar-refractivity contribution in [3.8, 4) is 0 Å². The van der Waals surface area contributed by atoms with Gasteiger partial charge in [-0.05, 0) is 24.1 Å². The van der Waals surface area contributed by atoms with E-state index >= 15 is 0 Å². The van der Waals surface area contributed by atoms with Gasteiger partial charge in [0.2, 0.25) is 0 Å². The summed E-state index contributed by atoms with van der Waals surface area (Å²) in [5, 5.41) is 2.61. The third kappa shape index (κ3) is 6.27. The molecular formula is C11H16N2O5S. The maximum absolute atomic E-state index is 11.7. The average Bonchev–Trinajstić information content (AvgIpc) is 2.36. The lowest BCUT2D eigenvalue weighted by Gasteiger charge is -2.05. The molecule has 1 aromatic rings. The number of carbonyl (C=O) groups is 1. The van der Waals surface area contributed by atoms with Crippen LogP contribution in [0.3, 0.4) is 0 Å². The highest BCUT2D eigenvalue weighted by Gasteiger charge is 2.09. The van der Waals surface area contributed by atoms with E-state index in [1.165, 1.54) is 19.4 Å². The van der Waals surface area contributed by atoms with Crippen LogP contribution < -0.4 is 5.32 Å². The summed E-state index contributed by atoms with van der Waals surface area (Å²) >= 11 is 0. The summed E-state index contributed by atoms with van der Waals surface area (Å²) in [5.74, 6) is -0.743. The molecule has 0 fully saturated rings. The number of hydrogen-bond donors (Lipinski definition) is 2. The molecule has 0 saturated heterocycles. The number of aryl methyl sites for hydroxylation is 1. The molecule has 8 heteroatoms. The van der Waals surface area contributed by atoms with Crippen molar-refractivity contribution in [2.24, 2.45) is 0 Å². The molecule has 0 aliphatic carbocycles. The van der Waals surface area contributed by atoms with Crippen molar-refractivity contribution in [1.29, 1.82) is 0 Å². The molecule has 1 rings (SSSR count). The Labute approximate surface area is 111 Å². The van der Waals surface area contributed by atoms with Gasteiger partial charge < -0.3 is 10.1 Å². The second kappa shape index (κ2) is 7.17. The van der Waals surface area contributed by atoms with E-state index in [0.29, 0.717) is 18.7 Å². The van der Waals surface area contributed by atoms with E-state index < -0.39 is 10.1 Å². The smallest absolute Gasteiger partial charge is 0.269 e. The molecule has 0 radical (unpaired) electrons. The van der Waals surface area contributed by atoms with Gasteiger partial charge in [0.05, 0.1) is 12.4 Å². The first-order chi connectivity index (χ1) is 8.92. The standard InChI is InChI=1S/C11H16N2O5S/c1-18-6-5-13-11(14)10-8-9(2-4-12-10)3-7-19(15,16)17/h2,4,8H,3,5-7H2,1H3,(H,13,14)(H,15,16,17). The fourth-order valence-corrected chi connectivity index (χ4v) is 1.85. The fourth-order valence-electron chi connectivity index (χ4n) is 1.36. The molecule has 0 unspecified atom stereocenters. The Bertz CT molecular complexity index is 530. The summed E-state index contributed by atoms with van der Waals surface area (Å²) in [6.07, 6.45) is 1.55. The second-order valence-electron chi connectivity index (χ2n) is 3.83. The lowest BCUT2D eigenvalue weighted by Crippen LogP contribution is -2.27. The second-order valence-corrected chi connectivity index (χ2v) is 5.41. The third-order valence-electron chi connectivity index (χ3n) is 2.30. The van der Waals surface area contributed by atoms with Gasteiger partial charge in [0, 0.05) is 19.9 Å². The van der Waals surface area contributed by atoms with Crippen molar-refractivity contribution in [2.75, 3.05) is 26.0 Å². The van der Waals surface area contributed by atoms with Crippen molar-refractivity contribution in [3.05, 3.63) is 29.6 Å². The quantitative estimate of drug-likeness (QED) is 0.535.